The average Bonchev–Trinajstić information content (AvgIpc) is 3.11. The summed E-state index contributed by atoms with van der Waals surface area (Å²) in [5.41, 5.74) is 1.85. The van der Waals surface area contributed by atoms with Gasteiger partial charge >= 0.3 is 0 Å². The van der Waals surface area contributed by atoms with Crippen LogP contribution in [0.2, 0.25) is 0 Å². The van der Waals surface area contributed by atoms with Gasteiger partial charge in [0, 0.05) is 12.2 Å². The summed E-state index contributed by atoms with van der Waals surface area (Å²) in [6.07, 6.45) is 2.39. The highest BCUT2D eigenvalue weighted by Crippen LogP contribution is 2.28. The first-order valence-electron chi connectivity index (χ1n) is 9.99. The zero-order valence-electron chi connectivity index (χ0n) is 17.3. The minimum absolute atomic E-state index is 0. The molecule has 160 valence electrons. The first kappa shape index (κ1) is 23.5. The van der Waals surface area contributed by atoms with E-state index in [4.69, 9.17) is 4.74 Å². The van der Waals surface area contributed by atoms with Gasteiger partial charge in [-0.3, -0.25) is 4.72 Å². The Morgan fingerprint density at radius 2 is 1.76 bits per heavy atom. The highest BCUT2D eigenvalue weighted by Gasteiger charge is 2.23. The van der Waals surface area contributed by atoms with E-state index in [1.807, 2.05) is 38.1 Å². The molecule has 0 spiro atoms. The van der Waals surface area contributed by atoms with E-state index in [2.05, 4.69) is 16.5 Å². The smallest absolute Gasteiger partial charge is 0.261 e. The van der Waals surface area contributed by atoms with Gasteiger partial charge in [0.05, 0.1) is 11.0 Å². The molecule has 0 unspecified atom stereocenters. The Balaban J connectivity index is 0.00000300. The Hall–Kier alpha value is -1.76. The molecule has 2 aromatic rings. The van der Waals surface area contributed by atoms with Crippen molar-refractivity contribution in [1.82, 2.24) is 4.90 Å². The number of hydrogen-bond acceptors (Lipinski definition) is 4. The number of benzene rings is 2. The number of likely N-dealkylation sites (tertiary alicyclic amines) is 1. The third-order valence-corrected chi connectivity index (χ3v) is 6.35. The van der Waals surface area contributed by atoms with Crippen LogP contribution < -0.4 is 9.46 Å². The minimum atomic E-state index is -3.62. The van der Waals surface area contributed by atoms with Gasteiger partial charge in [0.15, 0.2) is 0 Å². The molecular formula is C22H31ClN2O3S. The van der Waals surface area contributed by atoms with Crippen LogP contribution in [0.4, 0.5) is 5.69 Å². The molecule has 2 aromatic carbocycles. The van der Waals surface area contributed by atoms with Gasteiger partial charge in [0.1, 0.15) is 5.75 Å². The normalized spacial score (nSPS) is 17.2. The van der Waals surface area contributed by atoms with Crippen molar-refractivity contribution in [2.24, 2.45) is 0 Å². The lowest BCUT2D eigenvalue weighted by molar-refractivity contribution is 0.242. The van der Waals surface area contributed by atoms with Crippen molar-refractivity contribution in [3.05, 3.63) is 54.1 Å². The molecule has 1 aliphatic heterocycles. The highest BCUT2D eigenvalue weighted by atomic mass is 35.5. The Morgan fingerprint density at radius 3 is 2.34 bits per heavy atom. The lowest BCUT2D eigenvalue weighted by Crippen LogP contribution is -2.20. The Kier molecular flexibility index (Phi) is 8.37. The lowest BCUT2D eigenvalue weighted by Gasteiger charge is -2.15. The summed E-state index contributed by atoms with van der Waals surface area (Å²) in [6, 6.07) is 14.3. The van der Waals surface area contributed by atoms with Gasteiger partial charge in [-0.1, -0.05) is 19.1 Å². The fourth-order valence-corrected chi connectivity index (χ4v) is 4.69. The molecule has 0 amide bonds. The van der Waals surface area contributed by atoms with E-state index < -0.39 is 10.0 Å². The average molecular weight is 439 g/mol. The molecule has 0 bridgehead atoms. The van der Waals surface area contributed by atoms with E-state index in [1.54, 1.807) is 24.3 Å². The van der Waals surface area contributed by atoms with Crippen LogP contribution in [0, 0.1) is 0 Å². The van der Waals surface area contributed by atoms with Gasteiger partial charge in [-0.05, 0) is 87.7 Å². The van der Waals surface area contributed by atoms with Crippen molar-refractivity contribution in [2.75, 3.05) is 24.4 Å². The molecule has 1 atom stereocenters. The van der Waals surface area contributed by atoms with E-state index in [0.29, 0.717) is 17.4 Å². The maximum absolute atomic E-state index is 12.6. The summed E-state index contributed by atoms with van der Waals surface area (Å²) < 4.78 is 33.5. The maximum Gasteiger partial charge on any atom is 0.261 e. The van der Waals surface area contributed by atoms with E-state index in [1.165, 1.54) is 12.0 Å². The van der Waals surface area contributed by atoms with Crippen molar-refractivity contribution >= 4 is 28.1 Å². The van der Waals surface area contributed by atoms with Gasteiger partial charge in [-0.25, -0.2) is 8.42 Å². The molecule has 0 aromatic heterocycles. The molecule has 1 N–H and O–H groups in total. The molecule has 1 heterocycles. The van der Waals surface area contributed by atoms with Crippen molar-refractivity contribution in [3.8, 4) is 5.75 Å². The summed E-state index contributed by atoms with van der Waals surface area (Å²) in [5.74, 6) is 1.19. The summed E-state index contributed by atoms with van der Waals surface area (Å²) in [7, 11) is -3.62. The number of sulfonamides is 1. The predicted molar refractivity (Wildman–Crippen MR) is 121 cm³/mol. The number of rotatable bonds is 8. The van der Waals surface area contributed by atoms with Gasteiger partial charge in [0.2, 0.25) is 0 Å². The first-order chi connectivity index (χ1) is 13.4. The monoisotopic (exact) mass is 438 g/mol. The molecule has 7 heteroatoms. The Bertz CT molecular complexity index is 868. The quantitative estimate of drug-likeness (QED) is 0.637. The van der Waals surface area contributed by atoms with Gasteiger partial charge < -0.3 is 9.64 Å². The predicted octanol–water partition coefficient (Wildman–Crippen LogP) is 4.90. The van der Waals surface area contributed by atoms with Crippen LogP contribution >= 0.6 is 12.4 Å². The van der Waals surface area contributed by atoms with Gasteiger partial charge in [-0.2, -0.15) is 0 Å². The number of anilines is 1. The molecule has 1 fully saturated rings. The van der Waals surface area contributed by atoms with Crippen LogP contribution in [0.25, 0.3) is 0 Å². The summed E-state index contributed by atoms with van der Waals surface area (Å²) >= 11 is 0. The second-order valence-corrected chi connectivity index (χ2v) is 9.33. The van der Waals surface area contributed by atoms with Crippen molar-refractivity contribution in [2.45, 2.75) is 50.5 Å². The second kappa shape index (κ2) is 10.3. The molecule has 29 heavy (non-hydrogen) atoms. The summed E-state index contributed by atoms with van der Waals surface area (Å²) in [4.78, 5) is 2.72. The lowest BCUT2D eigenvalue weighted by atomic mass is 9.98. The van der Waals surface area contributed by atoms with Crippen LogP contribution in [0.15, 0.2) is 53.4 Å². The molecule has 1 aliphatic rings. The second-order valence-electron chi connectivity index (χ2n) is 7.65. The third-order valence-electron chi connectivity index (χ3n) is 4.95. The third kappa shape index (κ3) is 6.36. The van der Waals surface area contributed by atoms with Crippen molar-refractivity contribution in [3.63, 3.8) is 0 Å². The Morgan fingerprint density at radius 1 is 1.10 bits per heavy atom. The topological polar surface area (TPSA) is 58.6 Å². The largest absolute Gasteiger partial charge is 0.491 e. The number of nitrogens with zero attached hydrogens (tertiary/aromatic N) is 1. The van der Waals surface area contributed by atoms with Crippen molar-refractivity contribution < 1.29 is 13.2 Å². The van der Waals surface area contributed by atoms with E-state index in [-0.39, 0.29) is 23.4 Å². The molecule has 0 saturated carbocycles. The summed E-state index contributed by atoms with van der Waals surface area (Å²) in [6.45, 7) is 9.45. The fourth-order valence-electron chi connectivity index (χ4n) is 3.63. The molecule has 3 rings (SSSR count). The van der Waals surface area contributed by atoms with Crippen LogP contribution in [0.1, 0.15) is 45.1 Å². The van der Waals surface area contributed by atoms with E-state index in [0.717, 1.165) is 26.1 Å². The molecular weight excluding hydrogens is 408 g/mol. The van der Waals surface area contributed by atoms with Crippen LogP contribution in [0.5, 0.6) is 5.75 Å². The standard InChI is InChI=1S/C22H30N2O3S.ClH/c1-4-14-24-15-13-19(16-24)18-5-7-20(8-6-18)23-28(25,26)22-11-9-21(10-12-22)27-17(2)3;/h5-12,17,19,23H,4,13-16H2,1-3H3;1H/t19-;/m1./s1. The number of ether oxygens (including phenoxy) is 1. The molecule has 0 radical (unpaired) electrons. The minimum Gasteiger partial charge on any atom is -0.491 e. The molecule has 0 aliphatic carbocycles. The number of hydrogen-bond donors (Lipinski definition) is 1. The number of nitrogens with one attached hydrogen (secondary N) is 1. The van der Waals surface area contributed by atoms with Crippen LogP contribution in [0.3, 0.4) is 0 Å². The van der Waals surface area contributed by atoms with Gasteiger partial charge in [0.25, 0.3) is 10.0 Å². The SMILES string of the molecule is CCCN1CC[C@@H](c2ccc(NS(=O)(=O)c3ccc(OC(C)C)cc3)cc2)C1.Cl. The number of halogens is 1. The maximum atomic E-state index is 12.6. The van der Waals surface area contributed by atoms with Crippen molar-refractivity contribution in [1.29, 1.82) is 0 Å². The molecule has 5 nitrogen and oxygen atoms in total. The highest BCUT2D eigenvalue weighted by molar-refractivity contribution is 7.92. The summed E-state index contributed by atoms with van der Waals surface area (Å²) in [5, 5.41) is 0. The van der Waals surface area contributed by atoms with Gasteiger partial charge in [-0.15, -0.1) is 12.4 Å². The first-order valence-corrected chi connectivity index (χ1v) is 11.5. The fraction of sp³-hybridized carbons (Fsp3) is 0.455. The van der Waals surface area contributed by atoms with E-state index >= 15 is 0 Å². The Labute approximate surface area is 180 Å². The van der Waals surface area contributed by atoms with Crippen LogP contribution in [-0.4, -0.2) is 39.1 Å². The van der Waals surface area contributed by atoms with Crippen LogP contribution in [-0.2, 0) is 10.0 Å². The zero-order chi connectivity index (χ0) is 20.1. The van der Waals surface area contributed by atoms with E-state index in [9.17, 15) is 8.42 Å². The zero-order valence-corrected chi connectivity index (χ0v) is 18.9. The molecule has 1 saturated heterocycles.